The maximum Gasteiger partial charge on any atom is 0.165 e. The molecule has 0 amide bonds. The lowest BCUT2D eigenvalue weighted by Crippen LogP contribution is -2.27. The SMILES string of the molecule is Cc1c(Cl)cccc1Cc1c(-c2ccncc2)[nH]c2c1C(=O)CC(C)(C)C2. The van der Waals surface area contributed by atoms with Crippen molar-refractivity contribution in [3.63, 3.8) is 0 Å². The topological polar surface area (TPSA) is 45.8 Å². The van der Waals surface area contributed by atoms with Gasteiger partial charge >= 0.3 is 0 Å². The Balaban J connectivity index is 1.90. The number of nitrogens with zero attached hydrogens (tertiary/aromatic N) is 1. The number of hydrogen-bond acceptors (Lipinski definition) is 2. The molecule has 3 nitrogen and oxygen atoms in total. The lowest BCUT2D eigenvalue weighted by atomic mass is 9.75. The molecule has 1 N–H and O–H groups in total. The van der Waals surface area contributed by atoms with Gasteiger partial charge in [-0.15, -0.1) is 0 Å². The quantitative estimate of drug-likeness (QED) is 0.627. The van der Waals surface area contributed by atoms with Crippen LogP contribution in [0.2, 0.25) is 5.02 Å². The van der Waals surface area contributed by atoms with Crippen LogP contribution in [0.15, 0.2) is 42.7 Å². The smallest absolute Gasteiger partial charge is 0.165 e. The number of carbonyl (C=O) groups is 1. The van der Waals surface area contributed by atoms with Gasteiger partial charge in [0.15, 0.2) is 5.78 Å². The van der Waals surface area contributed by atoms with E-state index < -0.39 is 0 Å². The molecule has 2 aromatic heterocycles. The van der Waals surface area contributed by atoms with E-state index in [2.05, 4.69) is 29.9 Å². The third-order valence-corrected chi connectivity index (χ3v) is 5.88. The fourth-order valence-electron chi connectivity index (χ4n) is 4.11. The van der Waals surface area contributed by atoms with Crippen LogP contribution in [-0.4, -0.2) is 15.8 Å². The average Bonchev–Trinajstić information content (AvgIpc) is 2.97. The van der Waals surface area contributed by atoms with Crippen molar-refractivity contribution in [1.29, 1.82) is 0 Å². The number of pyridine rings is 1. The Hall–Kier alpha value is -2.39. The van der Waals surface area contributed by atoms with E-state index in [4.69, 9.17) is 11.6 Å². The minimum absolute atomic E-state index is 0.0201. The van der Waals surface area contributed by atoms with Crippen LogP contribution in [0.25, 0.3) is 11.3 Å². The third kappa shape index (κ3) is 3.32. The number of aromatic nitrogens is 2. The van der Waals surface area contributed by atoms with Crippen LogP contribution in [-0.2, 0) is 12.8 Å². The highest BCUT2D eigenvalue weighted by atomic mass is 35.5. The number of hydrogen-bond donors (Lipinski definition) is 1. The van der Waals surface area contributed by atoms with Gasteiger partial charge in [0.05, 0.1) is 5.69 Å². The molecule has 27 heavy (non-hydrogen) atoms. The van der Waals surface area contributed by atoms with E-state index in [1.165, 1.54) is 0 Å². The van der Waals surface area contributed by atoms with Crippen molar-refractivity contribution < 1.29 is 4.79 Å². The first-order valence-corrected chi connectivity index (χ1v) is 9.65. The van der Waals surface area contributed by atoms with E-state index >= 15 is 0 Å². The summed E-state index contributed by atoms with van der Waals surface area (Å²) in [5.41, 5.74) is 7.27. The Morgan fingerprint density at radius 2 is 1.89 bits per heavy atom. The van der Waals surface area contributed by atoms with Crippen LogP contribution < -0.4 is 0 Å². The molecule has 0 fully saturated rings. The van der Waals surface area contributed by atoms with Gasteiger partial charge in [-0.05, 0) is 53.6 Å². The second-order valence-electron chi connectivity index (χ2n) is 8.21. The van der Waals surface area contributed by atoms with E-state index in [0.717, 1.165) is 50.6 Å². The normalized spacial score (nSPS) is 15.6. The van der Waals surface area contributed by atoms with Crippen molar-refractivity contribution in [2.45, 2.75) is 40.0 Å². The molecule has 1 aliphatic carbocycles. The molecule has 1 aromatic carbocycles. The summed E-state index contributed by atoms with van der Waals surface area (Å²) < 4.78 is 0. The number of benzene rings is 1. The summed E-state index contributed by atoms with van der Waals surface area (Å²) in [5, 5.41) is 0.759. The van der Waals surface area contributed by atoms with Crippen molar-refractivity contribution >= 4 is 17.4 Å². The molecule has 4 rings (SSSR count). The van der Waals surface area contributed by atoms with Crippen LogP contribution in [0.4, 0.5) is 0 Å². The summed E-state index contributed by atoms with van der Waals surface area (Å²) in [4.78, 5) is 20.8. The zero-order chi connectivity index (χ0) is 19.2. The maximum atomic E-state index is 13.1. The van der Waals surface area contributed by atoms with Gasteiger partial charge in [0.1, 0.15) is 0 Å². The van der Waals surface area contributed by atoms with Crippen molar-refractivity contribution in [3.05, 3.63) is 75.7 Å². The Kier molecular flexibility index (Phi) is 4.43. The van der Waals surface area contributed by atoms with Gasteiger partial charge < -0.3 is 4.98 Å². The largest absolute Gasteiger partial charge is 0.358 e. The van der Waals surface area contributed by atoms with Gasteiger partial charge in [-0.3, -0.25) is 9.78 Å². The van der Waals surface area contributed by atoms with E-state index in [1.54, 1.807) is 12.4 Å². The number of rotatable bonds is 3. The molecule has 138 valence electrons. The zero-order valence-electron chi connectivity index (χ0n) is 15.9. The molecule has 1 aliphatic rings. The second-order valence-corrected chi connectivity index (χ2v) is 8.62. The molecular formula is C23H23ClN2O. The summed E-state index contributed by atoms with van der Waals surface area (Å²) in [6.45, 7) is 6.34. The van der Waals surface area contributed by atoms with E-state index in [1.807, 2.05) is 31.2 Å². The summed E-state index contributed by atoms with van der Waals surface area (Å²) in [7, 11) is 0. The Bertz CT molecular complexity index is 1020. The van der Waals surface area contributed by atoms with E-state index in [9.17, 15) is 4.79 Å². The number of H-pyrrole nitrogens is 1. The highest BCUT2D eigenvalue weighted by molar-refractivity contribution is 6.31. The fraction of sp³-hybridized carbons (Fsp3) is 0.304. The van der Waals surface area contributed by atoms with E-state index in [0.29, 0.717) is 12.8 Å². The highest BCUT2D eigenvalue weighted by Gasteiger charge is 2.35. The molecular weight excluding hydrogens is 356 g/mol. The minimum Gasteiger partial charge on any atom is -0.358 e. The first-order valence-electron chi connectivity index (χ1n) is 9.27. The Labute approximate surface area is 164 Å². The lowest BCUT2D eigenvalue weighted by molar-refractivity contribution is 0.0911. The molecule has 0 atom stereocenters. The molecule has 0 saturated carbocycles. The molecule has 4 heteroatoms. The number of Topliss-reactive ketones (excluding diaryl/α,β-unsaturated/α-hetero) is 1. The van der Waals surface area contributed by atoms with Crippen LogP contribution in [0.3, 0.4) is 0 Å². The average molecular weight is 379 g/mol. The number of halogens is 1. The van der Waals surface area contributed by atoms with Crippen LogP contribution in [0.5, 0.6) is 0 Å². The number of nitrogens with one attached hydrogen (secondary N) is 1. The van der Waals surface area contributed by atoms with Crippen molar-refractivity contribution in [2.75, 3.05) is 0 Å². The van der Waals surface area contributed by atoms with Crippen LogP contribution in [0, 0.1) is 12.3 Å². The maximum absolute atomic E-state index is 13.1. The van der Waals surface area contributed by atoms with E-state index in [-0.39, 0.29) is 11.2 Å². The number of carbonyl (C=O) groups excluding carboxylic acids is 1. The first kappa shape index (κ1) is 18.0. The molecule has 0 saturated heterocycles. The van der Waals surface area contributed by atoms with Crippen LogP contribution in [0.1, 0.15) is 53.0 Å². The number of ketones is 1. The van der Waals surface area contributed by atoms with Gasteiger partial charge in [0, 0.05) is 47.1 Å². The van der Waals surface area contributed by atoms with Gasteiger partial charge in [0.25, 0.3) is 0 Å². The molecule has 0 spiro atoms. The Morgan fingerprint density at radius 1 is 1.15 bits per heavy atom. The molecule has 0 aliphatic heterocycles. The fourth-order valence-corrected chi connectivity index (χ4v) is 4.30. The number of aromatic amines is 1. The molecule has 2 heterocycles. The summed E-state index contributed by atoms with van der Waals surface area (Å²) in [6.07, 6.45) is 5.71. The molecule has 0 unspecified atom stereocenters. The van der Waals surface area contributed by atoms with Crippen molar-refractivity contribution in [1.82, 2.24) is 9.97 Å². The van der Waals surface area contributed by atoms with Gasteiger partial charge in [-0.1, -0.05) is 37.6 Å². The van der Waals surface area contributed by atoms with Crippen molar-refractivity contribution in [3.8, 4) is 11.3 Å². The highest BCUT2D eigenvalue weighted by Crippen LogP contribution is 2.40. The first-order chi connectivity index (χ1) is 12.9. The monoisotopic (exact) mass is 378 g/mol. The third-order valence-electron chi connectivity index (χ3n) is 5.47. The second kappa shape index (κ2) is 6.65. The minimum atomic E-state index is -0.0201. The van der Waals surface area contributed by atoms with Crippen molar-refractivity contribution in [2.24, 2.45) is 5.41 Å². The summed E-state index contributed by atoms with van der Waals surface area (Å²) >= 11 is 6.34. The Morgan fingerprint density at radius 3 is 2.63 bits per heavy atom. The van der Waals surface area contributed by atoms with Gasteiger partial charge in [0.2, 0.25) is 0 Å². The molecule has 0 radical (unpaired) electrons. The molecule has 3 aromatic rings. The van der Waals surface area contributed by atoms with Gasteiger partial charge in [-0.2, -0.15) is 0 Å². The zero-order valence-corrected chi connectivity index (χ0v) is 16.7. The van der Waals surface area contributed by atoms with Gasteiger partial charge in [-0.25, -0.2) is 0 Å². The summed E-state index contributed by atoms with van der Waals surface area (Å²) in [5.74, 6) is 0.229. The standard InChI is InChI=1S/C23H23ClN2O/c1-14-16(5-4-6-18(14)24)11-17-21-19(12-23(2,3)13-20(21)27)26-22(17)15-7-9-25-10-8-15/h4-10,26H,11-13H2,1-3H3. The number of fused-ring (bicyclic) bond motifs is 1. The predicted octanol–water partition coefficient (Wildman–Crippen LogP) is 5.78. The predicted molar refractivity (Wildman–Crippen MR) is 109 cm³/mol. The summed E-state index contributed by atoms with van der Waals surface area (Å²) in [6, 6.07) is 9.95. The molecule has 0 bridgehead atoms. The lowest BCUT2D eigenvalue weighted by Gasteiger charge is -2.28. The van der Waals surface area contributed by atoms with Crippen LogP contribution >= 0.6 is 11.6 Å².